The molecule has 2 N–H and O–H groups in total. The molecule has 3 aromatic carbocycles. The number of rotatable bonds is 6. The Morgan fingerprint density at radius 1 is 0.568 bits per heavy atom. The van der Waals surface area contributed by atoms with Crippen LogP contribution in [0.25, 0.3) is 0 Å². The monoisotopic (exact) mass is 608 g/mol. The molecule has 0 aliphatic heterocycles. The minimum Gasteiger partial charge on any atom is -0.478 e. The van der Waals surface area contributed by atoms with Gasteiger partial charge >= 0.3 is 35.8 Å². The molecule has 0 amide bonds. The van der Waals surface area contributed by atoms with E-state index in [1.807, 2.05) is 0 Å². The van der Waals surface area contributed by atoms with Gasteiger partial charge in [0.05, 0.1) is 33.4 Å². The molecule has 0 atom stereocenters. The van der Waals surface area contributed by atoms with Crippen LogP contribution in [-0.2, 0) is 9.47 Å². The number of aromatic carboxylic acids is 2. The lowest BCUT2D eigenvalue weighted by Crippen LogP contribution is -2.18. The summed E-state index contributed by atoms with van der Waals surface area (Å²) < 4.78 is 9.46. The highest BCUT2D eigenvalue weighted by Gasteiger charge is 2.25. The van der Waals surface area contributed by atoms with Crippen molar-refractivity contribution < 1.29 is 48.5 Å². The summed E-state index contributed by atoms with van der Waals surface area (Å²) in [6, 6.07) is 9.98. The molecule has 0 aliphatic carbocycles. The van der Waals surface area contributed by atoms with Gasteiger partial charge in [0.1, 0.15) is 0 Å². The number of carbonyl (C=O) groups excluding carboxylic acids is 4. The Kier molecular flexibility index (Phi) is 8.43. The lowest BCUT2D eigenvalue weighted by molar-refractivity contribution is 0.0373. The van der Waals surface area contributed by atoms with Crippen molar-refractivity contribution in [3.8, 4) is 0 Å². The fourth-order valence-electron chi connectivity index (χ4n) is 2.94. The first-order valence-corrected chi connectivity index (χ1v) is 11.3. The summed E-state index contributed by atoms with van der Waals surface area (Å²) in [5.41, 5.74) is -2.19. The summed E-state index contributed by atoms with van der Waals surface area (Å²) in [6.07, 6.45) is 0. The van der Waals surface area contributed by atoms with Gasteiger partial charge in [-0.25, -0.2) is 28.8 Å². The third-order valence-electron chi connectivity index (χ3n) is 4.66. The van der Waals surface area contributed by atoms with Crippen LogP contribution in [0.2, 0.25) is 10.0 Å². The number of benzene rings is 3. The molecular weight excluding hydrogens is 599 g/mol. The van der Waals surface area contributed by atoms with E-state index in [0.29, 0.717) is 0 Å². The normalized spacial score (nSPS) is 10.4. The average Bonchev–Trinajstić information content (AvgIpc) is 2.83. The summed E-state index contributed by atoms with van der Waals surface area (Å²) >= 11 is 14.5. The maximum atomic E-state index is 12.5. The predicted octanol–water partition coefficient (Wildman–Crippen LogP) is 5.15. The number of hydrogen-bond donors (Lipinski definition) is 2. The Morgan fingerprint density at radius 2 is 0.973 bits per heavy atom. The van der Waals surface area contributed by atoms with Crippen LogP contribution in [0, 0.1) is 0 Å². The number of hydrogen-bond acceptors (Lipinski definition) is 8. The summed E-state index contributed by atoms with van der Waals surface area (Å²) in [7, 11) is 0. The third-order valence-corrected chi connectivity index (χ3v) is 5.79. The number of esters is 4. The van der Waals surface area contributed by atoms with Gasteiger partial charge in [0.25, 0.3) is 0 Å². The predicted molar refractivity (Wildman–Crippen MR) is 130 cm³/mol. The number of halogens is 3. The third kappa shape index (κ3) is 6.39. The topological polar surface area (TPSA) is 161 Å². The van der Waals surface area contributed by atoms with Crippen molar-refractivity contribution in [1.82, 2.24) is 0 Å². The van der Waals surface area contributed by atoms with Crippen molar-refractivity contribution in [2.24, 2.45) is 0 Å². The van der Waals surface area contributed by atoms with E-state index in [2.05, 4.69) is 15.9 Å². The second kappa shape index (κ2) is 11.3. The highest BCUT2D eigenvalue weighted by Crippen LogP contribution is 2.23. The van der Waals surface area contributed by atoms with Gasteiger partial charge in [-0.3, -0.25) is 0 Å². The number of carboxylic acids is 2. The molecule has 188 valence electrons. The second-order valence-corrected chi connectivity index (χ2v) is 8.77. The van der Waals surface area contributed by atoms with Crippen molar-refractivity contribution in [3.05, 3.63) is 102 Å². The zero-order valence-electron chi connectivity index (χ0n) is 18.0. The highest BCUT2D eigenvalue weighted by molar-refractivity contribution is 9.10. The summed E-state index contributed by atoms with van der Waals surface area (Å²) in [5.74, 6) is -7.77. The minimum absolute atomic E-state index is 0.0283. The molecule has 0 unspecified atom stereocenters. The Balaban J connectivity index is 1.77. The molecule has 37 heavy (non-hydrogen) atoms. The lowest BCUT2D eigenvalue weighted by atomic mass is 10.1. The molecule has 0 fully saturated rings. The van der Waals surface area contributed by atoms with E-state index in [1.165, 1.54) is 12.1 Å². The number of carboxylic acid groups (broad SMARTS) is 2. The highest BCUT2D eigenvalue weighted by atomic mass is 79.9. The van der Waals surface area contributed by atoms with Crippen LogP contribution < -0.4 is 0 Å². The molecular formula is C24H11BrCl2O10. The molecule has 0 saturated heterocycles. The molecule has 0 aliphatic rings. The molecule has 0 radical (unpaired) electrons. The van der Waals surface area contributed by atoms with Gasteiger partial charge in [-0.2, -0.15) is 0 Å². The Morgan fingerprint density at radius 3 is 1.41 bits per heavy atom. The van der Waals surface area contributed by atoms with Crippen LogP contribution >= 0.6 is 39.1 Å². The largest absolute Gasteiger partial charge is 0.478 e. The molecule has 10 nitrogen and oxygen atoms in total. The van der Waals surface area contributed by atoms with Crippen molar-refractivity contribution in [1.29, 1.82) is 0 Å². The number of carbonyl (C=O) groups is 6. The molecule has 0 spiro atoms. The summed E-state index contributed by atoms with van der Waals surface area (Å²) in [4.78, 5) is 72.4. The van der Waals surface area contributed by atoms with Gasteiger partial charge < -0.3 is 19.7 Å². The second-order valence-electron chi connectivity index (χ2n) is 7.04. The molecule has 0 saturated carbocycles. The average molecular weight is 610 g/mol. The smallest absolute Gasteiger partial charge is 0.347 e. The van der Waals surface area contributed by atoms with E-state index in [4.69, 9.17) is 32.7 Å². The van der Waals surface area contributed by atoms with Crippen LogP contribution in [0.1, 0.15) is 62.1 Å². The summed E-state index contributed by atoms with van der Waals surface area (Å²) in [5, 5.41) is 18.6. The van der Waals surface area contributed by atoms with Gasteiger partial charge in [-0.15, -0.1) is 0 Å². The zero-order valence-corrected chi connectivity index (χ0v) is 21.1. The van der Waals surface area contributed by atoms with Crippen LogP contribution in [-0.4, -0.2) is 46.0 Å². The standard InChI is InChI=1S/C24H11BrCl2O10/c25-18-7-10(21(32)36-22(33)13-5-2-11(26)8-16(13)19(28)29)1-4-15(18)24(35)37-23(34)14-6-3-12(27)9-17(14)20(30)31/h1-9H,(H,28,29)(H,30,31). The van der Waals surface area contributed by atoms with Crippen LogP contribution in [0.15, 0.2) is 59.1 Å². The molecule has 3 rings (SSSR count). The first-order chi connectivity index (χ1) is 17.4. The maximum Gasteiger partial charge on any atom is 0.347 e. The van der Waals surface area contributed by atoms with Crippen molar-refractivity contribution in [2.45, 2.75) is 0 Å². The van der Waals surface area contributed by atoms with E-state index < -0.39 is 58.1 Å². The van der Waals surface area contributed by atoms with E-state index in [0.717, 1.165) is 42.5 Å². The van der Waals surface area contributed by atoms with Gasteiger partial charge in [-0.05, 0) is 70.5 Å². The zero-order chi connectivity index (χ0) is 27.4. The molecule has 3 aromatic rings. The molecule has 0 aromatic heterocycles. The van der Waals surface area contributed by atoms with E-state index in [-0.39, 0.29) is 25.6 Å². The molecule has 13 heteroatoms. The van der Waals surface area contributed by atoms with Gasteiger partial charge in [0.15, 0.2) is 0 Å². The van der Waals surface area contributed by atoms with E-state index in [9.17, 15) is 39.0 Å². The summed E-state index contributed by atoms with van der Waals surface area (Å²) in [6.45, 7) is 0. The Labute approximate surface area is 225 Å². The quantitative estimate of drug-likeness (QED) is 0.282. The fraction of sp³-hybridized carbons (Fsp3) is 0. The van der Waals surface area contributed by atoms with Gasteiger partial charge in [-0.1, -0.05) is 23.2 Å². The lowest BCUT2D eigenvalue weighted by Gasteiger charge is -2.09. The van der Waals surface area contributed by atoms with Crippen LogP contribution in [0.3, 0.4) is 0 Å². The Hall–Kier alpha value is -4.06. The van der Waals surface area contributed by atoms with Crippen molar-refractivity contribution >= 4 is 74.9 Å². The first-order valence-electron chi connectivity index (χ1n) is 9.77. The van der Waals surface area contributed by atoms with Crippen molar-refractivity contribution in [2.75, 3.05) is 0 Å². The van der Waals surface area contributed by atoms with E-state index in [1.54, 1.807) is 0 Å². The fourth-order valence-corrected chi connectivity index (χ4v) is 3.83. The van der Waals surface area contributed by atoms with Crippen LogP contribution in [0.4, 0.5) is 0 Å². The Bertz CT molecular complexity index is 1500. The number of ether oxygens (including phenoxy) is 2. The van der Waals surface area contributed by atoms with Crippen LogP contribution in [0.5, 0.6) is 0 Å². The first kappa shape index (κ1) is 27.5. The van der Waals surface area contributed by atoms with Crippen molar-refractivity contribution in [3.63, 3.8) is 0 Å². The maximum absolute atomic E-state index is 12.5. The molecule has 0 heterocycles. The van der Waals surface area contributed by atoms with E-state index >= 15 is 0 Å². The SMILES string of the molecule is O=C(OC(=O)c1ccc(Cl)cc1C(=O)O)c1ccc(C(=O)OC(=O)c2ccc(Cl)cc2C(=O)O)c(Br)c1. The minimum atomic E-state index is -1.46. The van der Waals surface area contributed by atoms with Gasteiger partial charge in [0.2, 0.25) is 0 Å². The molecule has 0 bridgehead atoms. The van der Waals surface area contributed by atoms with Gasteiger partial charge in [0, 0.05) is 14.5 Å².